The van der Waals surface area contributed by atoms with E-state index in [0.717, 1.165) is 22.4 Å². The average Bonchev–Trinajstić information content (AvgIpc) is 2.96. The molecule has 0 amide bonds. The standard InChI is InChI=1S/C29H18BrF3N4O4/c30-23-13-19(14-25(37(39)40)26(23)41-17-18-7-2-1-3-8-18)16-34-36-27(20-9-6-10-21(15-20)29(31,32)33)35-24-12-5-4-11-22(24)28(36)38/h1-16H,17H2. The molecule has 0 saturated carbocycles. The minimum absolute atomic E-state index is 0.00481. The number of ether oxygens (including phenoxy) is 1. The van der Waals surface area contributed by atoms with Gasteiger partial charge in [0.1, 0.15) is 6.61 Å². The summed E-state index contributed by atoms with van der Waals surface area (Å²) in [7, 11) is 0. The van der Waals surface area contributed by atoms with E-state index in [0.29, 0.717) is 0 Å². The molecule has 0 bridgehead atoms. The summed E-state index contributed by atoms with van der Waals surface area (Å²) >= 11 is 3.31. The van der Waals surface area contributed by atoms with E-state index in [4.69, 9.17) is 4.74 Å². The molecule has 0 aliphatic rings. The molecule has 1 aromatic heterocycles. The van der Waals surface area contributed by atoms with Crippen molar-refractivity contribution in [2.24, 2.45) is 5.10 Å². The van der Waals surface area contributed by atoms with Crippen LogP contribution in [0.25, 0.3) is 22.3 Å². The molecule has 0 saturated heterocycles. The number of nitro groups is 1. The summed E-state index contributed by atoms with van der Waals surface area (Å²) in [5.74, 6) is -0.127. The first kappa shape index (κ1) is 27.7. The lowest BCUT2D eigenvalue weighted by Gasteiger charge is -2.12. The molecule has 0 radical (unpaired) electrons. The molecule has 0 atom stereocenters. The maximum atomic E-state index is 13.4. The maximum absolute atomic E-state index is 13.4. The summed E-state index contributed by atoms with van der Waals surface area (Å²) in [6, 6.07) is 22.6. The highest BCUT2D eigenvalue weighted by Crippen LogP contribution is 2.37. The van der Waals surface area contributed by atoms with Gasteiger partial charge in [0.15, 0.2) is 5.82 Å². The van der Waals surface area contributed by atoms with Crippen molar-refractivity contribution in [1.29, 1.82) is 0 Å². The highest BCUT2D eigenvalue weighted by Gasteiger charge is 2.31. The maximum Gasteiger partial charge on any atom is 0.416 e. The molecule has 0 aliphatic heterocycles. The van der Waals surface area contributed by atoms with Crippen LogP contribution in [0.1, 0.15) is 16.7 Å². The van der Waals surface area contributed by atoms with E-state index in [2.05, 4.69) is 26.0 Å². The number of halogens is 4. The minimum atomic E-state index is -4.61. The highest BCUT2D eigenvalue weighted by molar-refractivity contribution is 9.10. The topological polar surface area (TPSA) is 99.6 Å². The second kappa shape index (κ2) is 11.3. The Labute approximate surface area is 238 Å². The van der Waals surface area contributed by atoms with Gasteiger partial charge in [0.05, 0.1) is 32.1 Å². The zero-order valence-electron chi connectivity index (χ0n) is 20.9. The molecule has 0 unspecified atom stereocenters. The summed E-state index contributed by atoms with van der Waals surface area (Å²) in [5.41, 5.74) is -0.574. The van der Waals surface area contributed by atoms with Gasteiger partial charge in [0.2, 0.25) is 5.75 Å². The van der Waals surface area contributed by atoms with Crippen molar-refractivity contribution in [2.45, 2.75) is 12.8 Å². The third-order valence-corrected chi connectivity index (χ3v) is 6.58. The molecule has 4 aromatic carbocycles. The van der Waals surface area contributed by atoms with Gasteiger partial charge in [-0.2, -0.15) is 22.9 Å². The zero-order valence-corrected chi connectivity index (χ0v) is 22.5. The highest BCUT2D eigenvalue weighted by atomic mass is 79.9. The predicted molar refractivity (Wildman–Crippen MR) is 151 cm³/mol. The molecule has 12 heteroatoms. The van der Waals surface area contributed by atoms with Gasteiger partial charge >= 0.3 is 11.9 Å². The third-order valence-electron chi connectivity index (χ3n) is 5.99. The van der Waals surface area contributed by atoms with E-state index in [9.17, 15) is 28.1 Å². The summed E-state index contributed by atoms with van der Waals surface area (Å²) in [6.07, 6.45) is -3.43. The van der Waals surface area contributed by atoms with Crippen LogP contribution in [-0.4, -0.2) is 20.8 Å². The van der Waals surface area contributed by atoms with Crippen molar-refractivity contribution in [2.75, 3.05) is 0 Å². The van der Waals surface area contributed by atoms with E-state index < -0.39 is 22.2 Å². The van der Waals surface area contributed by atoms with Gasteiger partial charge in [0, 0.05) is 17.2 Å². The Balaban J connectivity index is 1.59. The second-order valence-corrected chi connectivity index (χ2v) is 9.63. The molecule has 206 valence electrons. The first-order valence-corrected chi connectivity index (χ1v) is 12.8. The van der Waals surface area contributed by atoms with Gasteiger partial charge in [-0.25, -0.2) is 4.98 Å². The van der Waals surface area contributed by atoms with Crippen molar-refractivity contribution >= 4 is 38.7 Å². The normalized spacial score (nSPS) is 11.7. The summed E-state index contributed by atoms with van der Waals surface area (Å²) in [4.78, 5) is 29.1. The lowest BCUT2D eigenvalue weighted by atomic mass is 10.1. The number of hydrogen-bond acceptors (Lipinski definition) is 6. The van der Waals surface area contributed by atoms with Gasteiger partial charge in [-0.15, -0.1) is 0 Å². The van der Waals surface area contributed by atoms with Gasteiger partial charge in [-0.05, 0) is 51.8 Å². The number of para-hydroxylation sites is 1. The second-order valence-electron chi connectivity index (χ2n) is 8.78. The number of fused-ring (bicyclic) bond motifs is 1. The van der Waals surface area contributed by atoms with Crippen molar-refractivity contribution in [3.8, 4) is 17.1 Å². The van der Waals surface area contributed by atoms with Gasteiger partial charge in [-0.3, -0.25) is 14.9 Å². The lowest BCUT2D eigenvalue weighted by molar-refractivity contribution is -0.386. The van der Waals surface area contributed by atoms with E-state index in [-0.39, 0.29) is 50.4 Å². The predicted octanol–water partition coefficient (Wildman–Crippen LogP) is 7.21. The van der Waals surface area contributed by atoms with Crippen LogP contribution in [0, 0.1) is 10.1 Å². The number of hydrogen-bond donors (Lipinski definition) is 0. The van der Waals surface area contributed by atoms with Crippen LogP contribution in [0.15, 0.2) is 105 Å². The number of alkyl halides is 3. The minimum Gasteiger partial charge on any atom is -0.481 e. The first-order valence-electron chi connectivity index (χ1n) is 12.0. The molecule has 1 heterocycles. The monoisotopic (exact) mass is 622 g/mol. The smallest absolute Gasteiger partial charge is 0.416 e. The number of nitrogens with zero attached hydrogens (tertiary/aromatic N) is 4. The molecule has 0 spiro atoms. The first-order chi connectivity index (χ1) is 19.6. The largest absolute Gasteiger partial charge is 0.481 e. The quantitative estimate of drug-likeness (QED) is 0.108. The molecule has 41 heavy (non-hydrogen) atoms. The van der Waals surface area contributed by atoms with Crippen LogP contribution >= 0.6 is 15.9 Å². The van der Waals surface area contributed by atoms with Gasteiger partial charge in [0.25, 0.3) is 5.56 Å². The van der Waals surface area contributed by atoms with E-state index in [1.807, 2.05) is 30.3 Å². The Kier molecular flexibility index (Phi) is 7.66. The van der Waals surface area contributed by atoms with E-state index in [1.54, 1.807) is 18.2 Å². The molecular formula is C29H18BrF3N4O4. The van der Waals surface area contributed by atoms with Crippen LogP contribution < -0.4 is 10.3 Å². The van der Waals surface area contributed by atoms with E-state index in [1.165, 1.54) is 36.5 Å². The molecule has 0 fully saturated rings. The van der Waals surface area contributed by atoms with E-state index >= 15 is 0 Å². The fourth-order valence-electron chi connectivity index (χ4n) is 4.06. The lowest BCUT2D eigenvalue weighted by Crippen LogP contribution is -2.20. The van der Waals surface area contributed by atoms with Gasteiger partial charge in [-0.1, -0.05) is 54.6 Å². The Hall–Kier alpha value is -4.84. The Morgan fingerprint density at radius 2 is 1.73 bits per heavy atom. The van der Waals surface area contributed by atoms with Crippen molar-refractivity contribution < 1.29 is 22.8 Å². The number of aromatic nitrogens is 2. The zero-order chi connectivity index (χ0) is 29.1. The Bertz CT molecular complexity index is 1860. The number of rotatable bonds is 7. The van der Waals surface area contributed by atoms with Gasteiger partial charge < -0.3 is 4.74 Å². The molecule has 0 N–H and O–H groups in total. The SMILES string of the molecule is O=c1c2ccccc2nc(-c2cccc(C(F)(F)F)c2)n1N=Cc1cc(Br)c(OCc2ccccc2)c([N+](=O)[O-])c1. The third kappa shape index (κ3) is 6.02. The molecule has 5 rings (SSSR count). The average molecular weight is 623 g/mol. The number of nitro benzene ring substituents is 1. The van der Waals surface area contributed by atoms with Crippen molar-refractivity contribution in [3.63, 3.8) is 0 Å². The molecule has 8 nitrogen and oxygen atoms in total. The Morgan fingerprint density at radius 3 is 2.46 bits per heavy atom. The summed E-state index contributed by atoms with van der Waals surface area (Å²) in [5, 5.41) is 16.3. The van der Waals surface area contributed by atoms with Crippen LogP contribution in [-0.2, 0) is 12.8 Å². The fourth-order valence-corrected chi connectivity index (χ4v) is 4.64. The van der Waals surface area contributed by atoms with Crippen molar-refractivity contribution in [3.05, 3.63) is 133 Å². The van der Waals surface area contributed by atoms with Crippen LogP contribution in [0.3, 0.4) is 0 Å². The molecule has 5 aromatic rings. The van der Waals surface area contributed by atoms with Crippen LogP contribution in [0.2, 0.25) is 0 Å². The number of benzene rings is 4. The molecule has 0 aliphatic carbocycles. The molecular weight excluding hydrogens is 605 g/mol. The fraction of sp³-hybridized carbons (Fsp3) is 0.0690. The Morgan fingerprint density at radius 1 is 1.00 bits per heavy atom. The van der Waals surface area contributed by atoms with Crippen molar-refractivity contribution in [1.82, 2.24) is 9.66 Å². The van der Waals surface area contributed by atoms with Crippen LogP contribution in [0.4, 0.5) is 18.9 Å². The summed E-state index contributed by atoms with van der Waals surface area (Å²) in [6.45, 7) is 0.0895. The van der Waals surface area contributed by atoms with Crippen LogP contribution in [0.5, 0.6) is 5.75 Å². The summed E-state index contributed by atoms with van der Waals surface area (Å²) < 4.78 is 47.1.